The number of carbonyl (C=O) groups excluding carboxylic acids is 1. The molecule has 0 fully saturated rings. The number of esters is 1. The Balaban J connectivity index is 1.84. The molecule has 0 aliphatic carbocycles. The molecule has 5 heteroatoms. The molecule has 0 N–H and O–H groups in total. The number of aryl methyl sites for hydroxylation is 1. The Morgan fingerprint density at radius 2 is 2.00 bits per heavy atom. The van der Waals surface area contributed by atoms with Crippen LogP contribution < -0.4 is 5.56 Å². The third-order valence-electron chi connectivity index (χ3n) is 6.34. The van der Waals surface area contributed by atoms with Crippen molar-refractivity contribution in [2.24, 2.45) is 0 Å². The number of nitrogens with zero attached hydrogens (tertiary/aromatic N) is 2. The summed E-state index contributed by atoms with van der Waals surface area (Å²) in [7, 11) is 0. The number of hydrogen-bond donors (Lipinski definition) is 0. The van der Waals surface area contributed by atoms with E-state index in [1.807, 2.05) is 38.1 Å². The van der Waals surface area contributed by atoms with Crippen molar-refractivity contribution in [3.63, 3.8) is 0 Å². The molecule has 0 spiro atoms. The molecule has 0 saturated carbocycles. The molecule has 3 aromatic rings. The third-order valence-corrected chi connectivity index (χ3v) is 6.34. The highest BCUT2D eigenvalue weighted by atomic mass is 16.5. The van der Waals surface area contributed by atoms with Gasteiger partial charge in [-0.1, -0.05) is 25.1 Å². The largest absolute Gasteiger partial charge is 0.460 e. The summed E-state index contributed by atoms with van der Waals surface area (Å²) in [6.07, 6.45) is 0.582. The highest BCUT2D eigenvalue weighted by Crippen LogP contribution is 2.40. The summed E-state index contributed by atoms with van der Waals surface area (Å²) in [4.78, 5) is 30.5. The van der Waals surface area contributed by atoms with Crippen molar-refractivity contribution in [2.75, 3.05) is 0 Å². The highest BCUT2D eigenvalue weighted by molar-refractivity contribution is 5.89. The summed E-state index contributed by atoms with van der Waals surface area (Å²) >= 11 is 0. The van der Waals surface area contributed by atoms with Gasteiger partial charge in [0.05, 0.1) is 34.4 Å². The average molecular weight is 360 g/mol. The van der Waals surface area contributed by atoms with Crippen molar-refractivity contribution < 1.29 is 9.53 Å². The molecule has 1 atom stereocenters. The number of pyridine rings is 2. The maximum Gasteiger partial charge on any atom is 0.316 e. The van der Waals surface area contributed by atoms with Gasteiger partial charge in [-0.15, -0.1) is 0 Å². The second-order valence-corrected chi connectivity index (χ2v) is 7.66. The Morgan fingerprint density at radius 1 is 1.22 bits per heavy atom. The van der Waals surface area contributed by atoms with Crippen LogP contribution >= 0.6 is 0 Å². The fourth-order valence-corrected chi connectivity index (χ4v) is 4.40. The van der Waals surface area contributed by atoms with E-state index >= 15 is 0 Å². The van der Waals surface area contributed by atoms with Gasteiger partial charge in [-0.3, -0.25) is 9.59 Å². The van der Waals surface area contributed by atoms with Crippen LogP contribution in [0.25, 0.3) is 22.3 Å². The summed E-state index contributed by atoms with van der Waals surface area (Å²) in [6.45, 7) is 6.46. The lowest BCUT2D eigenvalue weighted by atomic mass is 9.76. The zero-order valence-corrected chi connectivity index (χ0v) is 15.6. The molecule has 2 aliphatic rings. The van der Waals surface area contributed by atoms with Crippen LogP contribution in [0.3, 0.4) is 0 Å². The van der Waals surface area contributed by atoms with Crippen molar-refractivity contribution in [1.29, 1.82) is 0 Å². The number of carbonyl (C=O) groups is 1. The maximum absolute atomic E-state index is 13.2. The minimum Gasteiger partial charge on any atom is -0.460 e. The smallest absolute Gasteiger partial charge is 0.316 e. The molecule has 136 valence electrons. The lowest BCUT2D eigenvalue weighted by Gasteiger charge is -2.33. The quantitative estimate of drug-likeness (QED) is 0.488. The van der Waals surface area contributed by atoms with Crippen molar-refractivity contribution in [3.05, 3.63) is 62.9 Å². The van der Waals surface area contributed by atoms with Crippen LogP contribution in [-0.4, -0.2) is 15.5 Å². The van der Waals surface area contributed by atoms with Gasteiger partial charge in [-0.2, -0.15) is 0 Å². The molecule has 4 heterocycles. The van der Waals surface area contributed by atoms with Crippen molar-refractivity contribution in [3.8, 4) is 11.4 Å². The standard InChI is InChI=1S/C22H20N2O3/c1-4-22(3)16-9-18-19-14(12(2)13-7-5-6-8-17(13)23-19)10-24(18)20(25)15(16)11-27-21(22)26/h5-9H,4,10-11H2,1-3H3. The van der Waals surface area contributed by atoms with E-state index in [2.05, 4.69) is 13.0 Å². The van der Waals surface area contributed by atoms with E-state index < -0.39 is 5.41 Å². The molecule has 0 amide bonds. The lowest BCUT2D eigenvalue weighted by Crippen LogP contribution is -2.42. The molecule has 5 nitrogen and oxygen atoms in total. The second-order valence-electron chi connectivity index (χ2n) is 7.66. The number of benzene rings is 1. The summed E-state index contributed by atoms with van der Waals surface area (Å²) in [5.41, 5.74) is 5.33. The van der Waals surface area contributed by atoms with Crippen LogP contribution in [0.5, 0.6) is 0 Å². The topological polar surface area (TPSA) is 61.2 Å². The Hall–Kier alpha value is -2.95. The van der Waals surface area contributed by atoms with Gasteiger partial charge < -0.3 is 9.30 Å². The number of rotatable bonds is 1. The van der Waals surface area contributed by atoms with Crippen molar-refractivity contribution in [2.45, 2.75) is 45.8 Å². The van der Waals surface area contributed by atoms with Crippen molar-refractivity contribution in [1.82, 2.24) is 9.55 Å². The molecule has 0 saturated heterocycles. The molecular weight excluding hydrogens is 340 g/mol. The summed E-state index contributed by atoms with van der Waals surface area (Å²) < 4.78 is 7.12. The van der Waals surface area contributed by atoms with Crippen molar-refractivity contribution >= 4 is 16.9 Å². The Morgan fingerprint density at radius 3 is 2.78 bits per heavy atom. The van der Waals surface area contributed by atoms with Gasteiger partial charge in [0.2, 0.25) is 0 Å². The zero-order valence-electron chi connectivity index (χ0n) is 15.6. The van der Waals surface area contributed by atoms with Gasteiger partial charge in [0.15, 0.2) is 0 Å². The summed E-state index contributed by atoms with van der Waals surface area (Å²) in [5, 5.41) is 1.11. The van der Waals surface area contributed by atoms with E-state index in [1.54, 1.807) is 4.57 Å². The predicted molar refractivity (Wildman–Crippen MR) is 103 cm³/mol. The highest BCUT2D eigenvalue weighted by Gasteiger charge is 2.43. The molecule has 0 radical (unpaired) electrons. The van der Waals surface area contributed by atoms with E-state index in [4.69, 9.17) is 9.72 Å². The second kappa shape index (κ2) is 5.28. The molecule has 0 bridgehead atoms. The third kappa shape index (κ3) is 1.97. The Kier molecular flexibility index (Phi) is 3.18. The zero-order chi connectivity index (χ0) is 18.9. The predicted octanol–water partition coefficient (Wildman–Crippen LogP) is 3.46. The normalized spacial score (nSPS) is 20.2. The first-order valence-corrected chi connectivity index (χ1v) is 9.28. The van der Waals surface area contributed by atoms with Gasteiger partial charge in [-0.05, 0) is 43.5 Å². The van der Waals surface area contributed by atoms with Gasteiger partial charge in [0.25, 0.3) is 5.56 Å². The van der Waals surface area contributed by atoms with Gasteiger partial charge >= 0.3 is 5.97 Å². The first-order chi connectivity index (χ1) is 13.0. The molecular formula is C22H20N2O3. The van der Waals surface area contributed by atoms with Gasteiger partial charge in [-0.25, -0.2) is 4.98 Å². The molecule has 1 unspecified atom stereocenters. The number of cyclic esters (lactones) is 1. The fraction of sp³-hybridized carbons (Fsp3) is 0.318. The minimum atomic E-state index is -0.795. The minimum absolute atomic E-state index is 0.0492. The van der Waals surface area contributed by atoms with E-state index in [0.29, 0.717) is 18.5 Å². The first-order valence-electron chi connectivity index (χ1n) is 9.28. The van der Waals surface area contributed by atoms with Gasteiger partial charge in [0, 0.05) is 10.9 Å². The molecule has 2 aromatic heterocycles. The van der Waals surface area contributed by atoms with Crippen LogP contribution in [0.15, 0.2) is 35.1 Å². The fourth-order valence-electron chi connectivity index (χ4n) is 4.40. The van der Waals surface area contributed by atoms with Crippen LogP contribution in [0, 0.1) is 6.92 Å². The molecule has 5 rings (SSSR count). The summed E-state index contributed by atoms with van der Waals surface area (Å²) in [6, 6.07) is 10.0. The monoisotopic (exact) mass is 360 g/mol. The van der Waals surface area contributed by atoms with E-state index in [9.17, 15) is 9.59 Å². The molecule has 1 aromatic carbocycles. The lowest BCUT2D eigenvalue weighted by molar-refractivity contribution is -0.153. The molecule has 2 aliphatic heterocycles. The number of hydrogen-bond acceptors (Lipinski definition) is 4. The van der Waals surface area contributed by atoms with Crippen LogP contribution in [0.2, 0.25) is 0 Å². The average Bonchev–Trinajstić information content (AvgIpc) is 3.05. The van der Waals surface area contributed by atoms with Gasteiger partial charge in [0.1, 0.15) is 6.61 Å². The Labute approximate surface area is 156 Å². The van der Waals surface area contributed by atoms with Crippen LogP contribution in [0.4, 0.5) is 0 Å². The number of para-hydroxylation sites is 1. The number of ether oxygens (including phenoxy) is 1. The summed E-state index contributed by atoms with van der Waals surface area (Å²) in [5.74, 6) is -0.261. The van der Waals surface area contributed by atoms with E-state index in [0.717, 1.165) is 39.0 Å². The first kappa shape index (κ1) is 16.2. The molecule has 27 heavy (non-hydrogen) atoms. The van der Waals surface area contributed by atoms with Crippen LogP contribution in [-0.2, 0) is 28.1 Å². The van der Waals surface area contributed by atoms with E-state index in [-0.39, 0.29) is 18.1 Å². The number of fused-ring (bicyclic) bond motifs is 5. The Bertz CT molecular complexity index is 1210. The van der Waals surface area contributed by atoms with E-state index in [1.165, 1.54) is 0 Å². The maximum atomic E-state index is 13.2. The SMILES string of the molecule is CCC1(C)C(=O)OCc2c1cc1n(c2=O)Cc2c-1nc1ccccc1c2C. The number of aromatic nitrogens is 2. The van der Waals surface area contributed by atoms with Crippen LogP contribution in [0.1, 0.15) is 42.5 Å².